The first-order chi connectivity index (χ1) is 7.49. The standard InChI is InChI=1S/C8H4F3N3O2/c9-5-1-3(8(15)16)6(10)7(11)4(5)2-13-14-12/h1H,2H2,(H,15,16). The van der Waals surface area contributed by atoms with E-state index in [0.717, 1.165) is 0 Å². The Hall–Kier alpha value is -2.21. The minimum Gasteiger partial charge on any atom is -0.478 e. The van der Waals surface area contributed by atoms with Crippen LogP contribution in [0.25, 0.3) is 10.4 Å². The van der Waals surface area contributed by atoms with Gasteiger partial charge in [0.25, 0.3) is 0 Å². The van der Waals surface area contributed by atoms with Gasteiger partial charge in [-0.2, -0.15) is 0 Å². The number of halogens is 3. The second kappa shape index (κ2) is 4.54. The van der Waals surface area contributed by atoms with Crippen LogP contribution in [-0.4, -0.2) is 11.1 Å². The second-order valence-corrected chi connectivity index (χ2v) is 2.71. The topological polar surface area (TPSA) is 86.1 Å². The lowest BCUT2D eigenvalue weighted by molar-refractivity contribution is 0.0690. The number of hydrogen-bond acceptors (Lipinski definition) is 2. The third kappa shape index (κ3) is 2.06. The van der Waals surface area contributed by atoms with Gasteiger partial charge in [-0.1, -0.05) is 5.11 Å². The maximum absolute atomic E-state index is 13.1. The molecule has 0 amide bonds. The van der Waals surface area contributed by atoms with Gasteiger partial charge in [-0.3, -0.25) is 0 Å². The predicted molar refractivity (Wildman–Crippen MR) is 46.1 cm³/mol. The molecule has 0 heterocycles. The first kappa shape index (κ1) is 11.9. The van der Waals surface area contributed by atoms with Gasteiger partial charge in [-0.05, 0) is 11.6 Å². The maximum Gasteiger partial charge on any atom is 0.338 e. The largest absolute Gasteiger partial charge is 0.478 e. The summed E-state index contributed by atoms with van der Waals surface area (Å²) < 4.78 is 39.3. The Balaban J connectivity index is 3.39. The average Bonchev–Trinajstić information content (AvgIpc) is 2.23. The van der Waals surface area contributed by atoms with E-state index in [1.807, 2.05) is 0 Å². The van der Waals surface area contributed by atoms with Gasteiger partial charge in [0, 0.05) is 10.5 Å². The molecule has 1 rings (SSSR count). The number of benzene rings is 1. The summed E-state index contributed by atoms with van der Waals surface area (Å²) in [6.45, 7) is -0.731. The van der Waals surface area contributed by atoms with Crippen molar-refractivity contribution in [2.75, 3.05) is 0 Å². The molecule has 0 aliphatic rings. The first-order valence-corrected chi connectivity index (χ1v) is 3.89. The molecule has 0 aliphatic heterocycles. The van der Waals surface area contributed by atoms with Crippen LogP contribution in [0.1, 0.15) is 15.9 Å². The summed E-state index contributed by atoms with van der Waals surface area (Å²) in [6, 6.07) is 0.336. The molecule has 0 unspecified atom stereocenters. The zero-order valence-electron chi connectivity index (χ0n) is 7.62. The van der Waals surface area contributed by atoms with Gasteiger partial charge in [-0.25, -0.2) is 18.0 Å². The maximum atomic E-state index is 13.1. The van der Waals surface area contributed by atoms with Crippen LogP contribution in [0.3, 0.4) is 0 Å². The van der Waals surface area contributed by atoms with E-state index in [-0.39, 0.29) is 0 Å². The molecular formula is C8H4F3N3O2. The average molecular weight is 231 g/mol. The van der Waals surface area contributed by atoms with Crippen molar-refractivity contribution in [2.45, 2.75) is 6.54 Å². The normalized spacial score (nSPS) is 9.69. The summed E-state index contributed by atoms with van der Waals surface area (Å²) in [5, 5.41) is 11.3. The van der Waals surface area contributed by atoms with E-state index >= 15 is 0 Å². The molecule has 0 bridgehead atoms. The minimum absolute atomic E-state index is 0.336. The number of carboxylic acid groups (broad SMARTS) is 1. The molecule has 0 atom stereocenters. The lowest BCUT2D eigenvalue weighted by Crippen LogP contribution is -2.07. The van der Waals surface area contributed by atoms with Crippen molar-refractivity contribution < 1.29 is 23.1 Å². The number of nitrogens with zero attached hydrogens (tertiary/aromatic N) is 3. The Kier molecular flexibility index (Phi) is 3.37. The molecule has 16 heavy (non-hydrogen) atoms. The van der Waals surface area contributed by atoms with Crippen LogP contribution in [0.5, 0.6) is 0 Å². The van der Waals surface area contributed by atoms with Gasteiger partial charge < -0.3 is 5.11 Å². The third-order valence-corrected chi connectivity index (χ3v) is 1.78. The monoisotopic (exact) mass is 231 g/mol. The predicted octanol–water partition coefficient (Wildman–Crippen LogP) is 2.61. The molecular weight excluding hydrogens is 227 g/mol. The highest BCUT2D eigenvalue weighted by Gasteiger charge is 2.21. The van der Waals surface area contributed by atoms with Crippen LogP contribution in [0, 0.1) is 17.5 Å². The van der Waals surface area contributed by atoms with Crippen molar-refractivity contribution in [3.8, 4) is 0 Å². The quantitative estimate of drug-likeness (QED) is 0.375. The van der Waals surface area contributed by atoms with Crippen molar-refractivity contribution in [2.24, 2.45) is 5.11 Å². The summed E-state index contributed by atoms with van der Waals surface area (Å²) in [4.78, 5) is 12.6. The number of rotatable bonds is 3. The van der Waals surface area contributed by atoms with Crippen LogP contribution in [0.4, 0.5) is 13.2 Å². The van der Waals surface area contributed by atoms with Crippen molar-refractivity contribution in [1.29, 1.82) is 0 Å². The summed E-state index contributed by atoms with van der Waals surface area (Å²) in [6.07, 6.45) is 0. The molecule has 0 aromatic heterocycles. The highest BCUT2D eigenvalue weighted by atomic mass is 19.2. The van der Waals surface area contributed by atoms with Gasteiger partial charge in [0.15, 0.2) is 11.6 Å². The molecule has 0 spiro atoms. The molecule has 84 valence electrons. The van der Waals surface area contributed by atoms with Gasteiger partial charge in [-0.15, -0.1) is 0 Å². The Morgan fingerprint density at radius 2 is 2.06 bits per heavy atom. The number of carbonyl (C=O) groups is 1. The molecule has 0 radical (unpaired) electrons. The van der Waals surface area contributed by atoms with E-state index < -0.39 is 41.1 Å². The molecule has 8 heteroatoms. The summed E-state index contributed by atoms with van der Waals surface area (Å²) in [5.74, 6) is -6.41. The van der Waals surface area contributed by atoms with Gasteiger partial charge in [0.05, 0.1) is 6.54 Å². The van der Waals surface area contributed by atoms with Crippen LogP contribution >= 0.6 is 0 Å². The fraction of sp³-hybridized carbons (Fsp3) is 0.125. The lowest BCUT2D eigenvalue weighted by atomic mass is 10.1. The summed E-state index contributed by atoms with van der Waals surface area (Å²) in [5.41, 5.74) is 6.03. The highest BCUT2D eigenvalue weighted by Crippen LogP contribution is 2.21. The molecule has 1 aromatic rings. The molecule has 5 nitrogen and oxygen atoms in total. The van der Waals surface area contributed by atoms with E-state index in [2.05, 4.69) is 10.0 Å². The Morgan fingerprint density at radius 1 is 1.44 bits per heavy atom. The lowest BCUT2D eigenvalue weighted by Gasteiger charge is -2.05. The Labute approximate surface area is 86.7 Å². The smallest absolute Gasteiger partial charge is 0.338 e. The fourth-order valence-electron chi connectivity index (χ4n) is 1.04. The number of aromatic carboxylic acids is 1. The van der Waals surface area contributed by atoms with Crippen LogP contribution in [0.15, 0.2) is 11.2 Å². The highest BCUT2D eigenvalue weighted by molar-refractivity contribution is 5.88. The first-order valence-electron chi connectivity index (χ1n) is 3.89. The van der Waals surface area contributed by atoms with Crippen molar-refractivity contribution in [3.63, 3.8) is 0 Å². The van der Waals surface area contributed by atoms with E-state index in [1.54, 1.807) is 0 Å². The van der Waals surface area contributed by atoms with Crippen molar-refractivity contribution in [1.82, 2.24) is 0 Å². The molecule has 1 N–H and O–H groups in total. The number of hydrogen-bond donors (Lipinski definition) is 1. The van der Waals surface area contributed by atoms with Crippen LogP contribution in [0.2, 0.25) is 0 Å². The van der Waals surface area contributed by atoms with Crippen molar-refractivity contribution in [3.05, 3.63) is 45.1 Å². The molecule has 0 saturated heterocycles. The van der Waals surface area contributed by atoms with Crippen LogP contribution < -0.4 is 0 Å². The molecule has 1 aromatic carbocycles. The minimum atomic E-state index is -1.79. The molecule has 0 fully saturated rings. The van der Waals surface area contributed by atoms with Gasteiger partial charge in [0.1, 0.15) is 11.4 Å². The Morgan fingerprint density at radius 3 is 2.56 bits per heavy atom. The molecule has 0 saturated carbocycles. The van der Waals surface area contributed by atoms with Crippen LogP contribution in [-0.2, 0) is 6.54 Å². The van der Waals surface area contributed by atoms with Gasteiger partial charge >= 0.3 is 5.97 Å². The fourth-order valence-corrected chi connectivity index (χ4v) is 1.04. The van der Waals surface area contributed by atoms with Crippen molar-refractivity contribution >= 4 is 5.97 Å². The van der Waals surface area contributed by atoms with E-state index in [0.29, 0.717) is 6.07 Å². The van der Waals surface area contributed by atoms with Gasteiger partial charge in [0.2, 0.25) is 0 Å². The van der Waals surface area contributed by atoms with E-state index in [9.17, 15) is 18.0 Å². The SMILES string of the molecule is [N-]=[N+]=NCc1c(F)cc(C(=O)O)c(F)c1F. The van der Waals surface area contributed by atoms with E-state index in [1.165, 1.54) is 0 Å². The summed E-state index contributed by atoms with van der Waals surface area (Å²) in [7, 11) is 0. The second-order valence-electron chi connectivity index (χ2n) is 2.71. The zero-order valence-corrected chi connectivity index (χ0v) is 7.62. The molecule has 0 aliphatic carbocycles. The van der Waals surface area contributed by atoms with E-state index in [4.69, 9.17) is 10.6 Å². The summed E-state index contributed by atoms with van der Waals surface area (Å²) >= 11 is 0. The third-order valence-electron chi connectivity index (χ3n) is 1.78. The zero-order chi connectivity index (χ0) is 12.3. The Bertz CT molecular complexity index is 498. The number of carboxylic acids is 1. The number of azide groups is 1.